The van der Waals surface area contributed by atoms with E-state index in [0.717, 1.165) is 16.7 Å². The highest BCUT2D eigenvalue weighted by molar-refractivity contribution is 6.30. The first-order chi connectivity index (χ1) is 20.4. The normalized spacial score (nSPS) is 13.3. The van der Waals surface area contributed by atoms with Gasteiger partial charge < -0.3 is 9.30 Å². The highest BCUT2D eigenvalue weighted by atomic mass is 35.5. The third kappa shape index (κ3) is 6.00. The molecule has 1 atom stereocenters. The van der Waals surface area contributed by atoms with E-state index < -0.39 is 34.4 Å². The van der Waals surface area contributed by atoms with Crippen molar-refractivity contribution in [1.82, 2.24) is 18.7 Å². The largest absolute Gasteiger partial charge is 0.465 e. The van der Waals surface area contributed by atoms with Crippen molar-refractivity contribution in [3.8, 4) is 0 Å². The van der Waals surface area contributed by atoms with Gasteiger partial charge in [-0.3, -0.25) is 18.7 Å². The van der Waals surface area contributed by atoms with Crippen LogP contribution in [-0.4, -0.2) is 31.3 Å². The number of fused-ring (bicyclic) bond motifs is 1. The van der Waals surface area contributed by atoms with Crippen LogP contribution < -0.4 is 11.2 Å². The van der Waals surface area contributed by atoms with Gasteiger partial charge in [0, 0.05) is 25.2 Å². The predicted molar refractivity (Wildman–Crippen MR) is 158 cm³/mol. The van der Waals surface area contributed by atoms with Crippen LogP contribution in [0.25, 0.3) is 11.2 Å². The number of ether oxygens (including phenoxy) is 1. The quantitative estimate of drug-likeness (QED) is 0.191. The van der Waals surface area contributed by atoms with E-state index in [4.69, 9.17) is 21.3 Å². The summed E-state index contributed by atoms with van der Waals surface area (Å²) in [6.07, 6.45) is -3.09. The SMILES string of the molecule is CCCCC(C(=O)OCC)(c1cccc(C(F)(F)F)c1)c1nc2c(c(=O)n(CCC)c(=O)n2C)n1Cc1ccc(Cl)cc1. The van der Waals surface area contributed by atoms with E-state index in [1.807, 2.05) is 13.8 Å². The molecular formula is C31H34ClF3N4O4. The average Bonchev–Trinajstić information content (AvgIpc) is 3.35. The maximum Gasteiger partial charge on any atom is 0.416 e. The molecule has 2 heterocycles. The predicted octanol–water partition coefficient (Wildman–Crippen LogP) is 6.07. The van der Waals surface area contributed by atoms with Crippen LogP contribution in [0.4, 0.5) is 13.2 Å². The standard InChI is InChI=1S/C31H34ClF3N4O4/c1-5-8-16-30(28(41)43-7-3,21-10-9-11-22(18-21)31(33,34)35)27-36-25-24(26(40)38(17-6-2)29(42)37(25)4)39(27)19-20-12-14-23(32)15-13-20/h9-15,18H,5-8,16-17,19H2,1-4H3. The molecule has 0 bridgehead atoms. The monoisotopic (exact) mass is 618 g/mol. The van der Waals surface area contributed by atoms with Crippen LogP contribution in [0.15, 0.2) is 58.1 Å². The number of unbranched alkanes of at least 4 members (excludes halogenated alkanes) is 1. The lowest BCUT2D eigenvalue weighted by Crippen LogP contribution is -2.42. The van der Waals surface area contributed by atoms with Gasteiger partial charge in [0.1, 0.15) is 5.82 Å². The summed E-state index contributed by atoms with van der Waals surface area (Å²) in [5.41, 5.74) is -3.18. The van der Waals surface area contributed by atoms with Gasteiger partial charge in [-0.25, -0.2) is 9.78 Å². The van der Waals surface area contributed by atoms with E-state index in [9.17, 15) is 27.6 Å². The van der Waals surface area contributed by atoms with Crippen LogP contribution >= 0.6 is 11.6 Å². The molecule has 230 valence electrons. The van der Waals surface area contributed by atoms with Gasteiger partial charge in [0.15, 0.2) is 16.6 Å². The molecule has 0 spiro atoms. The number of esters is 1. The molecule has 0 saturated heterocycles. The highest BCUT2D eigenvalue weighted by Crippen LogP contribution is 2.42. The zero-order chi connectivity index (χ0) is 31.5. The van der Waals surface area contributed by atoms with Gasteiger partial charge in [-0.05, 0) is 49.1 Å². The Morgan fingerprint density at radius 3 is 2.26 bits per heavy atom. The van der Waals surface area contributed by atoms with E-state index in [1.54, 1.807) is 35.8 Å². The molecule has 43 heavy (non-hydrogen) atoms. The zero-order valence-electron chi connectivity index (χ0n) is 24.5. The first kappa shape index (κ1) is 32.1. The van der Waals surface area contributed by atoms with Crippen LogP contribution in [0.1, 0.15) is 69.0 Å². The first-order valence-electron chi connectivity index (χ1n) is 14.2. The topological polar surface area (TPSA) is 88.1 Å². The van der Waals surface area contributed by atoms with Crippen LogP contribution in [0.2, 0.25) is 5.02 Å². The summed E-state index contributed by atoms with van der Waals surface area (Å²) in [4.78, 5) is 46.1. The summed E-state index contributed by atoms with van der Waals surface area (Å²) < 4.78 is 51.3. The molecule has 0 aliphatic heterocycles. The van der Waals surface area contributed by atoms with Crippen LogP contribution in [-0.2, 0) is 41.3 Å². The lowest BCUT2D eigenvalue weighted by molar-refractivity contribution is -0.149. The number of aromatic nitrogens is 4. The summed E-state index contributed by atoms with van der Waals surface area (Å²) in [5, 5.41) is 0.486. The van der Waals surface area contributed by atoms with Gasteiger partial charge >= 0.3 is 17.8 Å². The lowest BCUT2D eigenvalue weighted by atomic mass is 9.74. The second-order valence-electron chi connectivity index (χ2n) is 10.4. The molecule has 2 aromatic heterocycles. The van der Waals surface area contributed by atoms with Crippen molar-refractivity contribution in [2.75, 3.05) is 6.61 Å². The molecule has 0 aliphatic rings. The van der Waals surface area contributed by atoms with E-state index in [1.165, 1.54) is 23.7 Å². The van der Waals surface area contributed by atoms with Gasteiger partial charge in [0.25, 0.3) is 5.56 Å². The van der Waals surface area contributed by atoms with E-state index >= 15 is 0 Å². The number of hydrogen-bond donors (Lipinski definition) is 0. The minimum Gasteiger partial charge on any atom is -0.465 e. The van der Waals surface area contributed by atoms with Crippen molar-refractivity contribution in [3.05, 3.63) is 96.9 Å². The number of aryl methyl sites for hydroxylation is 1. The van der Waals surface area contributed by atoms with Crippen molar-refractivity contribution < 1.29 is 22.7 Å². The Labute approximate surface area is 251 Å². The molecule has 2 aromatic carbocycles. The fourth-order valence-electron chi connectivity index (χ4n) is 5.40. The summed E-state index contributed by atoms with van der Waals surface area (Å²) in [6.45, 7) is 5.47. The van der Waals surface area contributed by atoms with E-state index in [-0.39, 0.29) is 48.7 Å². The average molecular weight is 619 g/mol. The molecule has 8 nitrogen and oxygen atoms in total. The number of benzene rings is 2. The first-order valence-corrected chi connectivity index (χ1v) is 14.6. The van der Waals surface area contributed by atoms with Gasteiger partial charge in [-0.1, -0.05) is 68.6 Å². The molecule has 0 aliphatic carbocycles. The third-order valence-corrected chi connectivity index (χ3v) is 7.78. The Morgan fingerprint density at radius 1 is 0.977 bits per heavy atom. The number of carbonyl (C=O) groups excluding carboxylic acids is 1. The van der Waals surface area contributed by atoms with Crippen molar-refractivity contribution in [3.63, 3.8) is 0 Å². The summed E-state index contributed by atoms with van der Waals surface area (Å²) in [7, 11) is 1.47. The van der Waals surface area contributed by atoms with Crippen molar-refractivity contribution in [1.29, 1.82) is 0 Å². The molecule has 4 rings (SSSR count). The Balaban J connectivity index is 2.21. The van der Waals surface area contributed by atoms with Crippen molar-refractivity contribution in [2.45, 2.75) is 71.1 Å². The molecular weight excluding hydrogens is 585 g/mol. The van der Waals surface area contributed by atoms with Crippen molar-refractivity contribution >= 4 is 28.7 Å². The maximum atomic E-state index is 14.1. The molecule has 0 radical (unpaired) electrons. The summed E-state index contributed by atoms with van der Waals surface area (Å²) >= 11 is 6.11. The molecule has 0 saturated carbocycles. The second-order valence-corrected chi connectivity index (χ2v) is 10.9. The van der Waals surface area contributed by atoms with Crippen LogP contribution in [0.5, 0.6) is 0 Å². The van der Waals surface area contributed by atoms with Gasteiger partial charge in [-0.2, -0.15) is 13.2 Å². The molecule has 0 fully saturated rings. The highest BCUT2D eigenvalue weighted by Gasteiger charge is 2.48. The Kier molecular flexibility index (Phi) is 9.54. The number of hydrogen-bond acceptors (Lipinski definition) is 5. The fourth-order valence-corrected chi connectivity index (χ4v) is 5.52. The smallest absolute Gasteiger partial charge is 0.416 e. The Hall–Kier alpha value is -3.86. The number of nitrogens with zero attached hydrogens (tertiary/aromatic N) is 4. The zero-order valence-corrected chi connectivity index (χ0v) is 25.3. The van der Waals surface area contributed by atoms with Crippen molar-refractivity contribution in [2.24, 2.45) is 7.05 Å². The molecule has 12 heteroatoms. The summed E-state index contributed by atoms with van der Waals surface area (Å²) in [6, 6.07) is 11.4. The Bertz CT molecular complexity index is 1740. The number of imidazole rings is 1. The lowest BCUT2D eigenvalue weighted by Gasteiger charge is -2.32. The fraction of sp³-hybridized carbons (Fsp3) is 0.419. The Morgan fingerprint density at radius 2 is 1.65 bits per heavy atom. The van der Waals surface area contributed by atoms with Crippen LogP contribution in [0, 0.1) is 0 Å². The molecule has 4 aromatic rings. The number of rotatable bonds is 11. The number of alkyl halides is 3. The van der Waals surface area contributed by atoms with Gasteiger partial charge in [-0.15, -0.1) is 0 Å². The second kappa shape index (κ2) is 12.8. The summed E-state index contributed by atoms with van der Waals surface area (Å²) in [5.74, 6) is -0.778. The molecule has 0 amide bonds. The minimum absolute atomic E-state index is 0.0171. The maximum absolute atomic E-state index is 14.1. The van der Waals surface area contributed by atoms with Crippen LogP contribution in [0.3, 0.4) is 0 Å². The van der Waals surface area contributed by atoms with E-state index in [2.05, 4.69) is 0 Å². The number of halogens is 4. The van der Waals surface area contributed by atoms with Gasteiger partial charge in [0.2, 0.25) is 0 Å². The third-order valence-electron chi connectivity index (χ3n) is 7.53. The number of carbonyl (C=O) groups is 1. The van der Waals surface area contributed by atoms with E-state index in [0.29, 0.717) is 29.8 Å². The molecule has 1 unspecified atom stereocenters. The molecule has 0 N–H and O–H groups in total. The minimum atomic E-state index is -4.68. The van der Waals surface area contributed by atoms with Gasteiger partial charge in [0.05, 0.1) is 12.2 Å².